The Labute approximate surface area is 151 Å². The minimum absolute atomic E-state index is 0.179. The van der Waals surface area contributed by atoms with Crippen molar-refractivity contribution in [1.82, 2.24) is 0 Å². The van der Waals surface area contributed by atoms with E-state index < -0.39 is 0 Å². The monoisotopic (exact) mass is 355 g/mol. The predicted octanol–water partition coefficient (Wildman–Crippen LogP) is 4.91. The van der Waals surface area contributed by atoms with Crippen LogP contribution in [0, 0.1) is 0 Å². The summed E-state index contributed by atoms with van der Waals surface area (Å²) in [6.45, 7) is 1.89. The van der Waals surface area contributed by atoms with E-state index >= 15 is 0 Å². The third-order valence-electron chi connectivity index (χ3n) is 3.93. The van der Waals surface area contributed by atoms with Crippen LogP contribution in [0.25, 0.3) is 11.3 Å². The zero-order chi connectivity index (χ0) is 17.8. The molecule has 0 aliphatic rings. The van der Waals surface area contributed by atoms with Crippen molar-refractivity contribution in [2.75, 3.05) is 5.32 Å². The minimum atomic E-state index is -0.189. The van der Waals surface area contributed by atoms with Gasteiger partial charge in [-0.25, -0.2) is 0 Å². The summed E-state index contributed by atoms with van der Waals surface area (Å²) in [6.07, 6.45) is 0.932. The number of halogens is 1. The summed E-state index contributed by atoms with van der Waals surface area (Å²) >= 11 is 6.23. The van der Waals surface area contributed by atoms with Gasteiger partial charge in [-0.2, -0.15) is 0 Å². The van der Waals surface area contributed by atoms with Gasteiger partial charge in [0.15, 0.2) is 0 Å². The molecule has 0 saturated heterocycles. The quantitative estimate of drug-likeness (QED) is 0.683. The maximum Gasteiger partial charge on any atom is 0.255 e. The van der Waals surface area contributed by atoms with E-state index in [2.05, 4.69) is 12.2 Å². The van der Waals surface area contributed by atoms with E-state index in [0.717, 1.165) is 6.42 Å². The number of amides is 1. The molecule has 0 aliphatic heterocycles. The molecule has 2 N–H and O–H groups in total. The SMILES string of the molecule is CCc1ccc(C(=O)Nc2ccc(Cl)c(-c3ccc(CO)o3)c2)cc1. The highest BCUT2D eigenvalue weighted by Gasteiger charge is 2.12. The van der Waals surface area contributed by atoms with Crippen LogP contribution in [0.3, 0.4) is 0 Å². The Bertz CT molecular complexity index is 884. The van der Waals surface area contributed by atoms with E-state index in [1.165, 1.54) is 5.56 Å². The van der Waals surface area contributed by atoms with Crippen LogP contribution in [0.5, 0.6) is 0 Å². The molecule has 1 amide bonds. The Morgan fingerprint density at radius 3 is 2.52 bits per heavy atom. The molecule has 4 nitrogen and oxygen atoms in total. The summed E-state index contributed by atoms with van der Waals surface area (Å²) in [5.74, 6) is 0.806. The van der Waals surface area contributed by atoms with Crippen molar-refractivity contribution < 1.29 is 14.3 Å². The maximum atomic E-state index is 12.4. The maximum absolute atomic E-state index is 12.4. The Balaban J connectivity index is 1.82. The molecule has 1 aromatic heterocycles. The average Bonchev–Trinajstić information content (AvgIpc) is 3.12. The molecule has 0 fully saturated rings. The van der Waals surface area contributed by atoms with Crippen LogP contribution >= 0.6 is 11.6 Å². The zero-order valence-corrected chi connectivity index (χ0v) is 14.5. The number of furan rings is 1. The van der Waals surface area contributed by atoms with Crippen LogP contribution in [0.1, 0.15) is 28.6 Å². The van der Waals surface area contributed by atoms with Crippen molar-refractivity contribution in [2.45, 2.75) is 20.0 Å². The molecule has 0 saturated carbocycles. The summed E-state index contributed by atoms with van der Waals surface area (Å²) in [7, 11) is 0. The lowest BCUT2D eigenvalue weighted by molar-refractivity contribution is 0.102. The molecule has 0 spiro atoms. The Kier molecular flexibility index (Phi) is 5.22. The van der Waals surface area contributed by atoms with Crippen LogP contribution in [0.2, 0.25) is 5.02 Å². The van der Waals surface area contributed by atoms with Crippen molar-refractivity contribution in [3.05, 3.63) is 76.5 Å². The van der Waals surface area contributed by atoms with Gasteiger partial charge in [0.25, 0.3) is 5.91 Å². The van der Waals surface area contributed by atoms with Gasteiger partial charge in [-0.3, -0.25) is 4.79 Å². The Morgan fingerprint density at radius 2 is 1.88 bits per heavy atom. The van der Waals surface area contributed by atoms with E-state index in [4.69, 9.17) is 21.1 Å². The number of rotatable bonds is 5. The summed E-state index contributed by atoms with van der Waals surface area (Å²) < 4.78 is 5.52. The molecule has 5 heteroatoms. The highest BCUT2D eigenvalue weighted by atomic mass is 35.5. The van der Waals surface area contributed by atoms with Crippen LogP contribution in [-0.4, -0.2) is 11.0 Å². The molecular weight excluding hydrogens is 338 g/mol. The van der Waals surface area contributed by atoms with Crippen molar-refractivity contribution in [1.29, 1.82) is 0 Å². The van der Waals surface area contributed by atoms with Gasteiger partial charge in [0, 0.05) is 16.8 Å². The fourth-order valence-corrected chi connectivity index (χ4v) is 2.71. The highest BCUT2D eigenvalue weighted by Crippen LogP contribution is 2.32. The number of hydrogen-bond acceptors (Lipinski definition) is 3. The zero-order valence-electron chi connectivity index (χ0n) is 13.8. The smallest absolute Gasteiger partial charge is 0.255 e. The molecule has 3 aromatic rings. The molecule has 0 atom stereocenters. The number of aryl methyl sites for hydroxylation is 1. The first-order valence-corrected chi connectivity index (χ1v) is 8.38. The lowest BCUT2D eigenvalue weighted by Gasteiger charge is -2.09. The molecule has 2 aromatic carbocycles. The highest BCUT2D eigenvalue weighted by molar-refractivity contribution is 6.33. The second-order valence-electron chi connectivity index (χ2n) is 5.62. The first-order chi connectivity index (χ1) is 12.1. The molecule has 1 heterocycles. The van der Waals surface area contributed by atoms with Crippen molar-refractivity contribution in [3.8, 4) is 11.3 Å². The summed E-state index contributed by atoms with van der Waals surface area (Å²) in [5.41, 5.74) is 3.04. The van der Waals surface area contributed by atoms with Gasteiger partial charge in [-0.1, -0.05) is 30.7 Å². The van der Waals surface area contributed by atoms with Crippen LogP contribution in [-0.2, 0) is 13.0 Å². The summed E-state index contributed by atoms with van der Waals surface area (Å²) in [6, 6.07) is 16.1. The fraction of sp³-hybridized carbons (Fsp3) is 0.150. The van der Waals surface area contributed by atoms with Gasteiger partial charge in [0.05, 0.1) is 5.02 Å². The Morgan fingerprint density at radius 1 is 1.12 bits per heavy atom. The Hall–Kier alpha value is -2.56. The lowest BCUT2D eigenvalue weighted by atomic mass is 10.1. The number of hydrogen-bond donors (Lipinski definition) is 2. The third kappa shape index (κ3) is 3.92. The number of nitrogens with one attached hydrogen (secondary N) is 1. The van der Waals surface area contributed by atoms with Gasteiger partial charge in [-0.15, -0.1) is 0 Å². The molecule has 0 radical (unpaired) electrons. The minimum Gasteiger partial charge on any atom is -0.459 e. The van der Waals surface area contributed by atoms with E-state index in [-0.39, 0.29) is 12.5 Å². The van der Waals surface area contributed by atoms with E-state index in [1.807, 2.05) is 24.3 Å². The van der Waals surface area contributed by atoms with E-state index in [0.29, 0.717) is 33.4 Å². The molecule has 0 bridgehead atoms. The average molecular weight is 356 g/mol. The number of aliphatic hydroxyl groups excluding tert-OH is 1. The standard InChI is InChI=1S/C20H18ClNO3/c1-2-13-3-5-14(6-4-13)20(24)22-15-7-9-18(21)17(11-15)19-10-8-16(12-23)25-19/h3-11,23H,2,12H2,1H3,(H,22,24). The molecule has 0 aliphatic carbocycles. The predicted molar refractivity (Wildman–Crippen MR) is 98.9 cm³/mol. The number of anilines is 1. The number of carbonyl (C=O) groups excluding carboxylic acids is 1. The number of carbonyl (C=O) groups is 1. The molecular formula is C20H18ClNO3. The topological polar surface area (TPSA) is 62.5 Å². The van der Waals surface area contributed by atoms with Crippen LogP contribution < -0.4 is 5.32 Å². The second kappa shape index (κ2) is 7.55. The van der Waals surface area contributed by atoms with Gasteiger partial charge in [-0.05, 0) is 54.4 Å². The second-order valence-corrected chi connectivity index (χ2v) is 6.03. The lowest BCUT2D eigenvalue weighted by Crippen LogP contribution is -2.11. The molecule has 128 valence electrons. The first-order valence-electron chi connectivity index (χ1n) is 8.00. The van der Waals surface area contributed by atoms with Gasteiger partial charge in [0.2, 0.25) is 0 Å². The largest absolute Gasteiger partial charge is 0.459 e. The third-order valence-corrected chi connectivity index (χ3v) is 4.26. The fourth-order valence-electron chi connectivity index (χ4n) is 2.49. The number of benzene rings is 2. The normalized spacial score (nSPS) is 10.7. The molecule has 0 unspecified atom stereocenters. The van der Waals surface area contributed by atoms with E-state index in [9.17, 15) is 4.79 Å². The van der Waals surface area contributed by atoms with Crippen molar-refractivity contribution >= 4 is 23.2 Å². The van der Waals surface area contributed by atoms with Crippen LogP contribution in [0.15, 0.2) is 59.0 Å². The van der Waals surface area contributed by atoms with Gasteiger partial charge >= 0.3 is 0 Å². The van der Waals surface area contributed by atoms with E-state index in [1.54, 1.807) is 30.3 Å². The summed E-state index contributed by atoms with van der Waals surface area (Å²) in [4.78, 5) is 12.4. The van der Waals surface area contributed by atoms with Gasteiger partial charge in [0.1, 0.15) is 18.1 Å². The summed E-state index contributed by atoms with van der Waals surface area (Å²) in [5, 5.41) is 12.5. The van der Waals surface area contributed by atoms with Crippen molar-refractivity contribution in [2.24, 2.45) is 0 Å². The molecule has 25 heavy (non-hydrogen) atoms. The number of aliphatic hydroxyl groups is 1. The van der Waals surface area contributed by atoms with Gasteiger partial charge < -0.3 is 14.8 Å². The molecule has 3 rings (SSSR count). The van der Waals surface area contributed by atoms with Crippen LogP contribution in [0.4, 0.5) is 5.69 Å². The first kappa shape index (κ1) is 17.3. The van der Waals surface area contributed by atoms with Crippen molar-refractivity contribution in [3.63, 3.8) is 0 Å².